The van der Waals surface area contributed by atoms with Crippen molar-refractivity contribution in [3.8, 4) is 5.88 Å². The van der Waals surface area contributed by atoms with Crippen molar-refractivity contribution in [2.24, 2.45) is 5.41 Å². The Bertz CT molecular complexity index is 858. The number of hydrogen-bond acceptors (Lipinski definition) is 7. The van der Waals surface area contributed by atoms with Gasteiger partial charge in [0.2, 0.25) is 15.9 Å². The van der Waals surface area contributed by atoms with E-state index >= 15 is 0 Å². The van der Waals surface area contributed by atoms with Gasteiger partial charge in [-0.25, -0.2) is 18.1 Å². The molecular formula is C17H21Cl2N3O5S. The van der Waals surface area contributed by atoms with E-state index in [1.807, 2.05) is 0 Å². The number of benzene rings is 1. The first-order valence-electron chi connectivity index (χ1n) is 8.30. The zero-order valence-corrected chi connectivity index (χ0v) is 17.1. The van der Waals surface area contributed by atoms with Gasteiger partial charge in [0.15, 0.2) is 0 Å². The van der Waals surface area contributed by atoms with Crippen LogP contribution in [0, 0.1) is 5.41 Å². The number of halogens is 2. The molecule has 0 radical (unpaired) electrons. The Kier molecular flexibility index (Phi) is 7.60. The van der Waals surface area contributed by atoms with Gasteiger partial charge in [-0.1, -0.05) is 11.6 Å². The van der Waals surface area contributed by atoms with Crippen molar-refractivity contribution in [3.63, 3.8) is 0 Å². The average molecular weight is 450 g/mol. The van der Waals surface area contributed by atoms with E-state index in [1.165, 1.54) is 42.9 Å². The number of aliphatic hydroxyl groups excluding tert-OH is 2. The summed E-state index contributed by atoms with van der Waals surface area (Å²) >= 11 is 5.80. The molecule has 1 unspecified atom stereocenters. The highest BCUT2D eigenvalue weighted by molar-refractivity contribution is 7.89. The SMILES string of the molecule is Cl.O=S(=O)(NCC1(COc2cnccn2)C[C@@H](O)[C@@H](O)C1)c1ccc(Cl)cc1. The van der Waals surface area contributed by atoms with E-state index in [4.69, 9.17) is 16.3 Å². The van der Waals surface area contributed by atoms with Gasteiger partial charge in [-0.05, 0) is 37.1 Å². The zero-order chi connectivity index (χ0) is 19.5. The lowest BCUT2D eigenvalue weighted by atomic mass is 9.87. The number of nitrogens with one attached hydrogen (secondary N) is 1. The molecule has 154 valence electrons. The third-order valence-electron chi connectivity index (χ3n) is 4.56. The lowest BCUT2D eigenvalue weighted by Gasteiger charge is -2.28. The van der Waals surface area contributed by atoms with Gasteiger partial charge in [0, 0.05) is 29.4 Å². The molecule has 1 aliphatic carbocycles. The summed E-state index contributed by atoms with van der Waals surface area (Å²) in [7, 11) is -3.78. The highest BCUT2D eigenvalue weighted by Crippen LogP contribution is 2.38. The molecule has 1 heterocycles. The standard InChI is InChI=1S/C17H20ClN3O5S.ClH/c18-12-1-3-13(4-2-12)27(24,25)21-10-17(7-14(22)15(23)8-17)11-26-16-9-19-5-6-20-16;/h1-6,9,14-15,21-23H,7-8,10-11H2;1H/t14-,15+,17?;. The van der Waals surface area contributed by atoms with Crippen LogP contribution in [0.5, 0.6) is 5.88 Å². The Morgan fingerprint density at radius 3 is 2.39 bits per heavy atom. The minimum Gasteiger partial charge on any atom is -0.476 e. The highest BCUT2D eigenvalue weighted by atomic mass is 35.5. The van der Waals surface area contributed by atoms with Gasteiger partial charge in [-0.15, -0.1) is 12.4 Å². The number of aromatic nitrogens is 2. The molecule has 0 bridgehead atoms. The van der Waals surface area contributed by atoms with Crippen molar-refractivity contribution < 1.29 is 23.4 Å². The predicted molar refractivity (Wildman–Crippen MR) is 105 cm³/mol. The van der Waals surface area contributed by atoms with Crippen LogP contribution < -0.4 is 9.46 Å². The van der Waals surface area contributed by atoms with Crippen molar-refractivity contribution >= 4 is 34.0 Å². The van der Waals surface area contributed by atoms with Gasteiger partial charge in [-0.3, -0.25) is 4.98 Å². The molecule has 3 rings (SSSR count). The van der Waals surface area contributed by atoms with Crippen LogP contribution in [0.15, 0.2) is 47.8 Å². The number of hydrogen-bond donors (Lipinski definition) is 3. The van der Waals surface area contributed by atoms with Crippen LogP contribution in [0.3, 0.4) is 0 Å². The molecule has 0 spiro atoms. The summed E-state index contributed by atoms with van der Waals surface area (Å²) in [5, 5.41) is 20.4. The summed E-state index contributed by atoms with van der Waals surface area (Å²) in [4.78, 5) is 8.00. The fourth-order valence-electron chi connectivity index (χ4n) is 3.09. The quantitative estimate of drug-likeness (QED) is 0.583. The van der Waals surface area contributed by atoms with Gasteiger partial charge in [0.25, 0.3) is 0 Å². The Morgan fingerprint density at radius 2 is 1.82 bits per heavy atom. The van der Waals surface area contributed by atoms with Gasteiger partial charge in [0.05, 0.1) is 29.9 Å². The first-order chi connectivity index (χ1) is 12.8. The summed E-state index contributed by atoms with van der Waals surface area (Å²) in [5.41, 5.74) is -0.782. The highest BCUT2D eigenvalue weighted by Gasteiger charge is 2.45. The molecule has 0 amide bonds. The summed E-state index contributed by atoms with van der Waals surface area (Å²) in [6, 6.07) is 5.80. The van der Waals surface area contributed by atoms with Crippen LogP contribution in [0.1, 0.15) is 12.8 Å². The second-order valence-corrected chi connectivity index (χ2v) is 8.86. The van der Waals surface area contributed by atoms with Crippen LogP contribution in [-0.2, 0) is 10.0 Å². The van der Waals surface area contributed by atoms with Crippen molar-refractivity contribution in [2.45, 2.75) is 29.9 Å². The Labute approximate surface area is 174 Å². The van der Waals surface area contributed by atoms with Crippen molar-refractivity contribution in [1.82, 2.24) is 14.7 Å². The van der Waals surface area contributed by atoms with E-state index in [-0.39, 0.29) is 49.2 Å². The second kappa shape index (κ2) is 9.34. The molecule has 0 saturated heterocycles. The zero-order valence-electron chi connectivity index (χ0n) is 14.7. The third kappa shape index (κ3) is 5.53. The van der Waals surface area contributed by atoms with Crippen LogP contribution >= 0.6 is 24.0 Å². The van der Waals surface area contributed by atoms with Gasteiger partial charge < -0.3 is 14.9 Å². The fourth-order valence-corrected chi connectivity index (χ4v) is 4.37. The monoisotopic (exact) mass is 449 g/mol. The van der Waals surface area contributed by atoms with Gasteiger partial charge in [-0.2, -0.15) is 0 Å². The number of aliphatic hydroxyl groups is 2. The van der Waals surface area contributed by atoms with E-state index < -0.39 is 27.6 Å². The first kappa shape index (κ1) is 22.8. The maximum Gasteiger partial charge on any atom is 0.240 e. The molecule has 1 saturated carbocycles. The van der Waals surface area contributed by atoms with E-state index in [1.54, 1.807) is 0 Å². The molecule has 1 aromatic carbocycles. The minimum atomic E-state index is -3.78. The molecule has 3 N–H and O–H groups in total. The molecule has 28 heavy (non-hydrogen) atoms. The molecule has 3 atom stereocenters. The smallest absolute Gasteiger partial charge is 0.240 e. The van der Waals surface area contributed by atoms with Crippen LogP contribution in [0.25, 0.3) is 0 Å². The molecule has 1 fully saturated rings. The molecule has 0 aliphatic heterocycles. The predicted octanol–water partition coefficient (Wildman–Crippen LogP) is 1.41. The summed E-state index contributed by atoms with van der Waals surface area (Å²) in [6.45, 7) is 0.0648. The topological polar surface area (TPSA) is 122 Å². The molecule has 2 aromatic rings. The van der Waals surface area contributed by atoms with Gasteiger partial charge >= 0.3 is 0 Å². The number of sulfonamides is 1. The molecule has 1 aliphatic rings. The lowest BCUT2D eigenvalue weighted by Crippen LogP contribution is -2.40. The van der Waals surface area contributed by atoms with Crippen molar-refractivity contribution in [2.75, 3.05) is 13.2 Å². The van der Waals surface area contributed by atoms with Crippen LogP contribution in [0.2, 0.25) is 5.02 Å². The van der Waals surface area contributed by atoms with E-state index in [0.29, 0.717) is 5.02 Å². The normalized spacial score (nSPS) is 24.5. The number of rotatable bonds is 7. The molecule has 1 aromatic heterocycles. The molecule has 11 heteroatoms. The summed E-state index contributed by atoms with van der Waals surface area (Å²) in [6.07, 6.45) is 2.91. The fraction of sp³-hybridized carbons (Fsp3) is 0.412. The van der Waals surface area contributed by atoms with Crippen molar-refractivity contribution in [3.05, 3.63) is 47.9 Å². The molecular weight excluding hydrogens is 429 g/mol. The lowest BCUT2D eigenvalue weighted by molar-refractivity contribution is 0.0438. The maximum atomic E-state index is 12.5. The Balaban J connectivity index is 0.00000280. The van der Waals surface area contributed by atoms with Crippen molar-refractivity contribution in [1.29, 1.82) is 0 Å². The second-order valence-electron chi connectivity index (χ2n) is 6.65. The minimum absolute atomic E-state index is 0. The van der Waals surface area contributed by atoms with Crippen LogP contribution in [0.4, 0.5) is 0 Å². The number of nitrogens with zero attached hydrogens (tertiary/aromatic N) is 2. The van der Waals surface area contributed by atoms with Gasteiger partial charge in [0.1, 0.15) is 0 Å². The average Bonchev–Trinajstić information content (AvgIpc) is 2.94. The van der Waals surface area contributed by atoms with Crippen LogP contribution in [-0.4, -0.2) is 54.0 Å². The third-order valence-corrected chi connectivity index (χ3v) is 6.22. The maximum absolute atomic E-state index is 12.5. The van der Waals surface area contributed by atoms with E-state index in [0.717, 1.165) is 0 Å². The van der Waals surface area contributed by atoms with E-state index in [9.17, 15) is 18.6 Å². The largest absolute Gasteiger partial charge is 0.476 e. The Hall–Kier alpha value is -1.49. The first-order valence-corrected chi connectivity index (χ1v) is 10.2. The summed E-state index contributed by atoms with van der Waals surface area (Å²) < 4.78 is 33.2. The molecule has 8 nitrogen and oxygen atoms in total. The Morgan fingerprint density at radius 1 is 1.18 bits per heavy atom. The van der Waals surface area contributed by atoms with E-state index in [2.05, 4.69) is 14.7 Å². The summed E-state index contributed by atoms with van der Waals surface area (Å²) in [5.74, 6) is 0.285. The number of ether oxygens (including phenoxy) is 1.